The third-order valence-electron chi connectivity index (χ3n) is 5.57. The molecule has 0 aromatic heterocycles. The maximum absolute atomic E-state index is 6.21. The summed E-state index contributed by atoms with van der Waals surface area (Å²) in [5.41, 5.74) is 0. The molecule has 2 aliphatic rings. The SMILES string of the molecule is c1ccc2c(P3CCCC3)ccc(OCCC3CCCC3)c2c1. The maximum atomic E-state index is 6.21. The van der Waals surface area contributed by atoms with Gasteiger partial charge in [0.2, 0.25) is 0 Å². The van der Waals surface area contributed by atoms with Gasteiger partial charge in [-0.05, 0) is 54.3 Å². The van der Waals surface area contributed by atoms with Crippen LogP contribution in [-0.2, 0) is 0 Å². The molecule has 2 heteroatoms. The molecule has 0 amide bonds. The normalized spacial score (nSPS) is 19.7. The van der Waals surface area contributed by atoms with E-state index in [0.29, 0.717) is 0 Å². The number of ether oxygens (including phenoxy) is 1. The van der Waals surface area contributed by atoms with E-state index >= 15 is 0 Å². The van der Waals surface area contributed by atoms with Gasteiger partial charge in [0.25, 0.3) is 0 Å². The summed E-state index contributed by atoms with van der Waals surface area (Å²) in [4.78, 5) is 0. The molecule has 2 fully saturated rings. The Morgan fingerprint density at radius 1 is 0.870 bits per heavy atom. The summed E-state index contributed by atoms with van der Waals surface area (Å²) >= 11 is 0. The van der Waals surface area contributed by atoms with Crippen molar-refractivity contribution < 1.29 is 4.74 Å². The Hall–Kier alpha value is -1.07. The van der Waals surface area contributed by atoms with Crippen molar-refractivity contribution in [2.75, 3.05) is 18.9 Å². The highest BCUT2D eigenvalue weighted by Gasteiger charge is 2.20. The molecule has 1 saturated carbocycles. The van der Waals surface area contributed by atoms with Gasteiger partial charge in [-0.3, -0.25) is 0 Å². The molecule has 2 aromatic carbocycles. The van der Waals surface area contributed by atoms with Gasteiger partial charge in [0.05, 0.1) is 6.61 Å². The van der Waals surface area contributed by atoms with Gasteiger partial charge in [0.1, 0.15) is 5.75 Å². The van der Waals surface area contributed by atoms with Gasteiger partial charge in [0, 0.05) is 5.39 Å². The van der Waals surface area contributed by atoms with E-state index in [4.69, 9.17) is 4.74 Å². The molecule has 4 rings (SSSR count). The van der Waals surface area contributed by atoms with Crippen LogP contribution in [-0.4, -0.2) is 18.9 Å². The summed E-state index contributed by atoms with van der Waals surface area (Å²) in [6.45, 7) is 0.878. The van der Waals surface area contributed by atoms with Gasteiger partial charge in [-0.25, -0.2) is 0 Å². The number of rotatable bonds is 5. The van der Waals surface area contributed by atoms with Gasteiger partial charge in [-0.2, -0.15) is 0 Å². The third-order valence-corrected chi connectivity index (χ3v) is 8.35. The van der Waals surface area contributed by atoms with Crippen LogP contribution in [0.25, 0.3) is 10.8 Å². The fraction of sp³-hybridized carbons (Fsp3) is 0.524. The Morgan fingerprint density at radius 2 is 1.61 bits per heavy atom. The minimum Gasteiger partial charge on any atom is -0.493 e. The van der Waals surface area contributed by atoms with E-state index in [1.54, 1.807) is 5.30 Å². The first-order valence-corrected chi connectivity index (χ1v) is 11.0. The highest BCUT2D eigenvalue weighted by Crippen LogP contribution is 2.44. The lowest BCUT2D eigenvalue weighted by molar-refractivity contribution is 0.282. The zero-order valence-electron chi connectivity index (χ0n) is 14.0. The fourth-order valence-corrected chi connectivity index (χ4v) is 6.99. The molecule has 0 spiro atoms. The van der Waals surface area contributed by atoms with Crippen LogP contribution in [0.15, 0.2) is 36.4 Å². The Labute approximate surface area is 141 Å². The molecule has 2 aromatic rings. The second-order valence-electron chi connectivity index (χ2n) is 7.11. The third kappa shape index (κ3) is 3.41. The zero-order chi connectivity index (χ0) is 15.5. The van der Waals surface area contributed by atoms with E-state index in [0.717, 1.165) is 18.3 Å². The van der Waals surface area contributed by atoms with E-state index in [2.05, 4.69) is 36.4 Å². The number of benzene rings is 2. The van der Waals surface area contributed by atoms with E-state index in [9.17, 15) is 0 Å². The van der Waals surface area contributed by atoms with Crippen molar-refractivity contribution in [3.8, 4) is 5.75 Å². The van der Waals surface area contributed by atoms with Gasteiger partial charge >= 0.3 is 0 Å². The number of hydrogen-bond donors (Lipinski definition) is 0. The first-order chi connectivity index (χ1) is 11.4. The fourth-order valence-electron chi connectivity index (χ4n) is 4.25. The van der Waals surface area contributed by atoms with Gasteiger partial charge in [-0.1, -0.05) is 63.9 Å². The molecule has 1 heterocycles. The van der Waals surface area contributed by atoms with Crippen LogP contribution in [0.1, 0.15) is 44.9 Å². The Morgan fingerprint density at radius 3 is 2.39 bits per heavy atom. The summed E-state index contributed by atoms with van der Waals surface area (Å²) < 4.78 is 6.21. The van der Waals surface area contributed by atoms with Crippen molar-refractivity contribution in [3.63, 3.8) is 0 Å². The highest BCUT2D eigenvalue weighted by atomic mass is 31.1. The highest BCUT2D eigenvalue weighted by molar-refractivity contribution is 7.66. The lowest BCUT2D eigenvalue weighted by Crippen LogP contribution is -2.07. The summed E-state index contributed by atoms with van der Waals surface area (Å²) in [5, 5.41) is 4.38. The first kappa shape index (κ1) is 15.5. The van der Waals surface area contributed by atoms with Crippen molar-refractivity contribution >= 4 is 24.0 Å². The molecular formula is C21H27OP. The Balaban J connectivity index is 1.54. The van der Waals surface area contributed by atoms with Gasteiger partial charge in [-0.15, -0.1) is 0 Å². The molecule has 1 aliphatic heterocycles. The Kier molecular flexibility index (Phi) is 4.85. The average molecular weight is 326 g/mol. The van der Waals surface area contributed by atoms with E-state index in [-0.39, 0.29) is 7.92 Å². The van der Waals surface area contributed by atoms with Crippen LogP contribution < -0.4 is 10.0 Å². The molecular weight excluding hydrogens is 299 g/mol. The van der Waals surface area contributed by atoms with Crippen LogP contribution in [0.4, 0.5) is 0 Å². The minimum atomic E-state index is 0.0718. The molecule has 0 unspecified atom stereocenters. The van der Waals surface area contributed by atoms with Crippen molar-refractivity contribution in [1.82, 2.24) is 0 Å². The smallest absolute Gasteiger partial charge is 0.127 e. The summed E-state index contributed by atoms with van der Waals surface area (Å²) in [7, 11) is 0.0718. The maximum Gasteiger partial charge on any atom is 0.127 e. The van der Waals surface area contributed by atoms with Crippen LogP contribution >= 0.6 is 7.92 Å². The van der Waals surface area contributed by atoms with Crippen LogP contribution in [0, 0.1) is 5.92 Å². The van der Waals surface area contributed by atoms with Crippen molar-refractivity contribution in [1.29, 1.82) is 0 Å². The van der Waals surface area contributed by atoms with E-state index < -0.39 is 0 Å². The number of fused-ring (bicyclic) bond motifs is 1. The number of hydrogen-bond acceptors (Lipinski definition) is 1. The molecule has 0 N–H and O–H groups in total. The van der Waals surface area contributed by atoms with Crippen molar-refractivity contribution in [3.05, 3.63) is 36.4 Å². The monoisotopic (exact) mass is 326 g/mol. The first-order valence-electron chi connectivity index (χ1n) is 9.31. The molecule has 0 atom stereocenters. The minimum absolute atomic E-state index is 0.0718. The molecule has 23 heavy (non-hydrogen) atoms. The molecule has 1 nitrogen and oxygen atoms in total. The van der Waals surface area contributed by atoms with Crippen LogP contribution in [0.2, 0.25) is 0 Å². The molecule has 122 valence electrons. The lowest BCUT2D eigenvalue weighted by atomic mass is 10.1. The standard InChI is InChI=1S/C21H27OP/c1-2-8-17(7-1)13-14-22-20-11-12-21(23-15-5-6-16-23)19-10-4-3-9-18(19)20/h3-4,9-12,17H,1-2,5-8,13-16H2. The largest absolute Gasteiger partial charge is 0.493 e. The Bertz CT molecular complexity index is 654. The van der Waals surface area contributed by atoms with Gasteiger partial charge < -0.3 is 4.74 Å². The zero-order valence-corrected chi connectivity index (χ0v) is 14.9. The summed E-state index contributed by atoms with van der Waals surface area (Å²) in [6, 6.07) is 13.5. The van der Waals surface area contributed by atoms with E-state index in [1.165, 1.54) is 68.0 Å². The second-order valence-corrected chi connectivity index (χ2v) is 9.57. The molecule has 1 saturated heterocycles. The molecule has 0 radical (unpaired) electrons. The van der Waals surface area contributed by atoms with Crippen molar-refractivity contribution in [2.24, 2.45) is 5.92 Å². The molecule has 1 aliphatic carbocycles. The van der Waals surface area contributed by atoms with E-state index in [1.807, 2.05) is 0 Å². The lowest BCUT2D eigenvalue weighted by Gasteiger charge is -2.17. The topological polar surface area (TPSA) is 9.23 Å². The second kappa shape index (κ2) is 7.22. The molecule has 0 bridgehead atoms. The average Bonchev–Trinajstić information content (AvgIpc) is 3.29. The predicted molar refractivity (Wildman–Crippen MR) is 102 cm³/mol. The van der Waals surface area contributed by atoms with Crippen molar-refractivity contribution in [2.45, 2.75) is 44.9 Å². The summed E-state index contributed by atoms with van der Waals surface area (Å²) in [5.74, 6) is 2.00. The van der Waals surface area contributed by atoms with Crippen LogP contribution in [0.3, 0.4) is 0 Å². The summed E-state index contributed by atoms with van der Waals surface area (Å²) in [6.07, 6.45) is 12.6. The van der Waals surface area contributed by atoms with Gasteiger partial charge in [0.15, 0.2) is 0 Å². The van der Waals surface area contributed by atoms with Crippen LogP contribution in [0.5, 0.6) is 5.75 Å². The predicted octanol–water partition coefficient (Wildman–Crippen LogP) is 5.70. The quantitative estimate of drug-likeness (QED) is 0.640.